The van der Waals surface area contributed by atoms with Crippen LogP contribution in [-0.2, 0) is 25.8 Å². The summed E-state index contributed by atoms with van der Waals surface area (Å²) in [4.78, 5) is 12.0. The molecule has 1 N–H and O–H groups in total. The minimum Gasteiger partial charge on any atom is -0.326 e. The molecule has 0 aliphatic heterocycles. The molecule has 0 aromatic heterocycles. The number of anilines is 1. The number of para-hydroxylation sites is 1. The summed E-state index contributed by atoms with van der Waals surface area (Å²) in [6.07, 6.45) is -0.0462. The van der Waals surface area contributed by atoms with Crippen LogP contribution < -0.4 is 5.32 Å². The van der Waals surface area contributed by atoms with Crippen LogP contribution in [-0.4, -0.2) is 20.1 Å². The molecule has 0 bridgehead atoms. The van der Waals surface area contributed by atoms with Crippen molar-refractivity contribution in [3.05, 3.63) is 64.7 Å². The monoisotopic (exact) mass is 387 g/mol. The van der Waals surface area contributed by atoms with Crippen LogP contribution in [0.5, 0.6) is 0 Å². The third-order valence-corrected chi connectivity index (χ3v) is 6.18. The largest absolute Gasteiger partial charge is 0.326 e. The lowest BCUT2D eigenvalue weighted by atomic mass is 9.84. The Labute approximate surface area is 162 Å². The first-order valence-corrected chi connectivity index (χ1v) is 11.0. The molecule has 0 aliphatic carbocycles. The van der Waals surface area contributed by atoms with Gasteiger partial charge in [-0.05, 0) is 53.6 Å². The van der Waals surface area contributed by atoms with Crippen LogP contribution in [0.25, 0.3) is 0 Å². The fourth-order valence-corrected chi connectivity index (χ4v) is 4.48. The van der Waals surface area contributed by atoms with Crippen molar-refractivity contribution in [1.82, 2.24) is 0 Å². The molecule has 1 amide bonds. The maximum atomic E-state index is 12.6. The molecular formula is C22H29NO3S. The minimum absolute atomic E-state index is 0.0163. The number of sulfone groups is 1. The second-order valence-corrected chi connectivity index (χ2v) is 10.3. The molecule has 2 aromatic carbocycles. The van der Waals surface area contributed by atoms with Crippen molar-refractivity contribution in [2.75, 3.05) is 11.1 Å². The maximum absolute atomic E-state index is 12.6. The van der Waals surface area contributed by atoms with Gasteiger partial charge in [0.05, 0.1) is 11.5 Å². The zero-order chi connectivity index (χ0) is 20.2. The molecule has 0 saturated heterocycles. The number of aryl methyl sites for hydroxylation is 2. The third-order valence-electron chi connectivity index (χ3n) is 4.62. The van der Waals surface area contributed by atoms with Gasteiger partial charge >= 0.3 is 0 Å². The lowest BCUT2D eigenvalue weighted by Gasteiger charge is -2.22. The Hall–Kier alpha value is -2.14. The van der Waals surface area contributed by atoms with Crippen LogP contribution in [0.15, 0.2) is 42.5 Å². The SMILES string of the molecule is Cc1cc(C(C)(C)C)cc(C)c1CS(=O)(=O)CCC(=O)Nc1ccccc1. The maximum Gasteiger partial charge on any atom is 0.225 e. The van der Waals surface area contributed by atoms with Crippen LogP contribution in [0.3, 0.4) is 0 Å². The van der Waals surface area contributed by atoms with Gasteiger partial charge in [-0.3, -0.25) is 4.79 Å². The zero-order valence-electron chi connectivity index (χ0n) is 16.8. The van der Waals surface area contributed by atoms with Crippen LogP contribution in [0.2, 0.25) is 0 Å². The Balaban J connectivity index is 2.05. The molecule has 2 aromatic rings. The highest BCUT2D eigenvalue weighted by Crippen LogP contribution is 2.28. The van der Waals surface area contributed by atoms with Gasteiger partial charge in [-0.2, -0.15) is 0 Å². The smallest absolute Gasteiger partial charge is 0.225 e. The molecule has 2 rings (SSSR count). The fraction of sp³-hybridized carbons (Fsp3) is 0.409. The summed E-state index contributed by atoms with van der Waals surface area (Å²) in [5.74, 6) is -0.486. The molecule has 5 heteroatoms. The number of hydrogen-bond donors (Lipinski definition) is 1. The van der Waals surface area contributed by atoms with E-state index in [1.807, 2.05) is 32.0 Å². The first kappa shape index (κ1) is 21.2. The number of benzene rings is 2. The van der Waals surface area contributed by atoms with Crippen molar-refractivity contribution in [3.8, 4) is 0 Å². The van der Waals surface area contributed by atoms with Gasteiger partial charge in [-0.1, -0.05) is 51.1 Å². The van der Waals surface area contributed by atoms with Crippen molar-refractivity contribution in [1.29, 1.82) is 0 Å². The summed E-state index contributed by atoms with van der Waals surface area (Å²) in [6, 6.07) is 13.2. The van der Waals surface area contributed by atoms with Crippen LogP contribution in [0, 0.1) is 13.8 Å². The lowest BCUT2D eigenvalue weighted by molar-refractivity contribution is -0.115. The van der Waals surface area contributed by atoms with Gasteiger partial charge in [0.2, 0.25) is 5.91 Å². The molecule has 0 heterocycles. The number of hydrogen-bond acceptors (Lipinski definition) is 3. The van der Waals surface area contributed by atoms with Gasteiger partial charge in [0, 0.05) is 12.1 Å². The van der Waals surface area contributed by atoms with Gasteiger partial charge in [-0.25, -0.2) is 8.42 Å². The predicted octanol–water partition coefficient (Wildman–Crippen LogP) is 4.54. The van der Waals surface area contributed by atoms with Gasteiger partial charge in [0.25, 0.3) is 0 Å². The predicted molar refractivity (Wildman–Crippen MR) is 112 cm³/mol. The van der Waals surface area contributed by atoms with Gasteiger partial charge in [0.15, 0.2) is 9.84 Å². The number of carbonyl (C=O) groups is 1. The Morgan fingerprint density at radius 3 is 2.07 bits per heavy atom. The van der Waals surface area contributed by atoms with Crippen molar-refractivity contribution in [2.24, 2.45) is 0 Å². The molecule has 0 unspecified atom stereocenters. The quantitative estimate of drug-likeness (QED) is 0.791. The van der Waals surface area contributed by atoms with Gasteiger partial charge in [0.1, 0.15) is 0 Å². The fourth-order valence-electron chi connectivity index (χ4n) is 2.94. The first-order chi connectivity index (χ1) is 12.5. The Morgan fingerprint density at radius 1 is 1.00 bits per heavy atom. The molecule has 0 fully saturated rings. The average Bonchev–Trinajstić information content (AvgIpc) is 2.56. The molecule has 0 aliphatic rings. The molecular weight excluding hydrogens is 358 g/mol. The van der Waals surface area contributed by atoms with Gasteiger partial charge in [-0.15, -0.1) is 0 Å². The molecule has 0 radical (unpaired) electrons. The molecule has 146 valence electrons. The molecule has 0 atom stereocenters. The highest BCUT2D eigenvalue weighted by Gasteiger charge is 2.20. The lowest BCUT2D eigenvalue weighted by Crippen LogP contribution is -2.19. The van der Waals surface area contributed by atoms with Crippen LogP contribution in [0.1, 0.15) is 49.4 Å². The van der Waals surface area contributed by atoms with Gasteiger partial charge < -0.3 is 5.32 Å². The molecule has 0 spiro atoms. The standard InChI is InChI=1S/C22H29NO3S/c1-16-13-18(22(3,4)5)14-17(2)20(16)15-27(25,26)12-11-21(24)23-19-9-7-6-8-10-19/h6-10,13-14H,11-12,15H2,1-5H3,(H,23,24). The van der Waals surface area contributed by atoms with Crippen molar-refractivity contribution < 1.29 is 13.2 Å². The first-order valence-electron chi connectivity index (χ1n) is 9.14. The Bertz CT molecular complexity index is 887. The molecule has 27 heavy (non-hydrogen) atoms. The van der Waals surface area contributed by atoms with E-state index in [1.54, 1.807) is 12.1 Å². The van der Waals surface area contributed by atoms with Crippen LogP contribution >= 0.6 is 0 Å². The zero-order valence-corrected chi connectivity index (χ0v) is 17.6. The summed E-state index contributed by atoms with van der Waals surface area (Å²) < 4.78 is 25.1. The number of amides is 1. The molecule has 0 saturated carbocycles. The van der Waals surface area contributed by atoms with Crippen molar-refractivity contribution in [2.45, 2.75) is 52.2 Å². The number of carbonyl (C=O) groups excluding carboxylic acids is 1. The van der Waals surface area contributed by atoms with E-state index >= 15 is 0 Å². The summed E-state index contributed by atoms with van der Waals surface area (Å²) in [5, 5.41) is 2.72. The van der Waals surface area contributed by atoms with Crippen molar-refractivity contribution >= 4 is 21.4 Å². The van der Waals surface area contributed by atoms with Crippen LogP contribution in [0.4, 0.5) is 5.69 Å². The molecule has 4 nitrogen and oxygen atoms in total. The van der Waals surface area contributed by atoms with E-state index < -0.39 is 9.84 Å². The van der Waals surface area contributed by atoms with E-state index in [4.69, 9.17) is 0 Å². The summed E-state index contributed by atoms with van der Waals surface area (Å²) in [7, 11) is -3.38. The highest BCUT2D eigenvalue weighted by molar-refractivity contribution is 7.90. The van der Waals surface area contributed by atoms with E-state index in [2.05, 4.69) is 38.2 Å². The second kappa shape index (κ2) is 8.26. The number of nitrogens with one attached hydrogen (secondary N) is 1. The average molecular weight is 388 g/mol. The Kier molecular flexibility index (Phi) is 6.47. The Morgan fingerprint density at radius 2 is 1.56 bits per heavy atom. The number of rotatable bonds is 6. The topological polar surface area (TPSA) is 63.2 Å². The van der Waals surface area contributed by atoms with E-state index in [0.29, 0.717) is 5.69 Å². The van der Waals surface area contributed by atoms with E-state index in [9.17, 15) is 13.2 Å². The minimum atomic E-state index is -3.38. The van der Waals surface area contributed by atoms with E-state index in [1.165, 1.54) is 5.56 Å². The van der Waals surface area contributed by atoms with E-state index in [0.717, 1.165) is 16.7 Å². The summed E-state index contributed by atoms with van der Waals surface area (Å²) >= 11 is 0. The summed E-state index contributed by atoms with van der Waals surface area (Å²) in [5.41, 5.74) is 4.69. The normalized spacial score (nSPS) is 12.0. The summed E-state index contributed by atoms with van der Waals surface area (Å²) in [6.45, 7) is 10.3. The van der Waals surface area contributed by atoms with Crippen molar-refractivity contribution in [3.63, 3.8) is 0 Å². The third kappa shape index (κ3) is 6.21. The second-order valence-electron chi connectivity index (χ2n) is 8.09. The van der Waals surface area contributed by atoms with E-state index in [-0.39, 0.29) is 29.2 Å². The highest BCUT2D eigenvalue weighted by atomic mass is 32.2.